The van der Waals surface area contributed by atoms with Crippen LogP contribution in [0.4, 0.5) is 0 Å². The van der Waals surface area contributed by atoms with Gasteiger partial charge in [-0.2, -0.15) is 5.10 Å². The summed E-state index contributed by atoms with van der Waals surface area (Å²) in [4.78, 5) is 14.8. The maximum atomic E-state index is 12.9. The van der Waals surface area contributed by atoms with Crippen molar-refractivity contribution in [3.05, 3.63) is 82.2 Å². The largest absolute Gasteiger partial charge is 0.508 e. The fraction of sp³-hybridized carbons (Fsp3) is 0.385. The standard InChI is InChI=1S/C26H29N3O2/c1-17-6-4-5-7-20(17)14-29-24(10-19(3)27-29)21-12-26(13-21)15-28(16-26)25(31)23-11-22(30)9-8-18(23)2/h4-11,21,30H,12-16H2,1-3H3. The van der Waals surface area contributed by atoms with Gasteiger partial charge in [0.1, 0.15) is 5.75 Å². The summed E-state index contributed by atoms with van der Waals surface area (Å²) in [5.41, 5.74) is 6.75. The number of carbonyl (C=O) groups is 1. The number of hydrogen-bond donors (Lipinski definition) is 1. The number of aryl methyl sites for hydroxylation is 3. The summed E-state index contributed by atoms with van der Waals surface area (Å²) < 4.78 is 2.17. The Balaban J connectivity index is 1.25. The molecule has 1 aliphatic carbocycles. The Morgan fingerprint density at radius 2 is 1.81 bits per heavy atom. The summed E-state index contributed by atoms with van der Waals surface area (Å²) >= 11 is 0. The Labute approximate surface area is 183 Å². The highest BCUT2D eigenvalue weighted by atomic mass is 16.3. The molecule has 1 amide bonds. The van der Waals surface area contributed by atoms with Crippen LogP contribution in [0.25, 0.3) is 0 Å². The van der Waals surface area contributed by atoms with Gasteiger partial charge in [-0.25, -0.2) is 0 Å². The lowest BCUT2D eigenvalue weighted by atomic mass is 9.57. The van der Waals surface area contributed by atoms with Crippen LogP contribution in [-0.4, -0.2) is 38.8 Å². The first-order valence-electron chi connectivity index (χ1n) is 11.0. The van der Waals surface area contributed by atoms with E-state index in [0.717, 1.165) is 43.7 Å². The molecule has 160 valence electrons. The number of aromatic hydroxyl groups is 1. The maximum absolute atomic E-state index is 12.9. The number of phenols is 1. The van der Waals surface area contributed by atoms with Crippen LogP contribution >= 0.6 is 0 Å². The van der Waals surface area contributed by atoms with Crippen molar-refractivity contribution >= 4 is 5.91 Å². The second-order valence-electron chi connectivity index (χ2n) is 9.56. The molecular weight excluding hydrogens is 386 g/mol. The molecule has 2 aliphatic rings. The van der Waals surface area contributed by atoms with E-state index in [1.807, 2.05) is 11.8 Å². The Hall–Kier alpha value is -3.08. The summed E-state index contributed by atoms with van der Waals surface area (Å²) in [5, 5.41) is 14.5. The quantitative estimate of drug-likeness (QED) is 0.678. The third-order valence-electron chi connectivity index (χ3n) is 7.08. The Kier molecular flexibility index (Phi) is 4.65. The number of likely N-dealkylation sites (tertiary alicyclic amines) is 1. The van der Waals surface area contributed by atoms with E-state index in [-0.39, 0.29) is 17.1 Å². The molecule has 0 unspecified atom stereocenters. The van der Waals surface area contributed by atoms with Gasteiger partial charge in [0.2, 0.25) is 0 Å². The molecule has 1 saturated carbocycles. The molecule has 1 N–H and O–H groups in total. The zero-order chi connectivity index (χ0) is 21.8. The van der Waals surface area contributed by atoms with Gasteiger partial charge < -0.3 is 10.0 Å². The van der Waals surface area contributed by atoms with E-state index in [2.05, 4.69) is 48.9 Å². The van der Waals surface area contributed by atoms with Gasteiger partial charge >= 0.3 is 0 Å². The molecule has 1 aliphatic heterocycles. The van der Waals surface area contributed by atoms with Gasteiger partial charge in [0.15, 0.2) is 0 Å². The molecule has 5 nitrogen and oxygen atoms in total. The highest BCUT2D eigenvalue weighted by Crippen LogP contribution is 2.56. The lowest BCUT2D eigenvalue weighted by Gasteiger charge is -2.59. The molecule has 0 radical (unpaired) electrons. The Morgan fingerprint density at radius 3 is 2.55 bits per heavy atom. The fourth-order valence-electron chi connectivity index (χ4n) is 5.34. The number of carbonyl (C=O) groups excluding carboxylic acids is 1. The van der Waals surface area contributed by atoms with E-state index in [9.17, 15) is 9.90 Å². The van der Waals surface area contributed by atoms with Crippen LogP contribution in [0.15, 0.2) is 48.5 Å². The van der Waals surface area contributed by atoms with E-state index in [0.29, 0.717) is 11.5 Å². The van der Waals surface area contributed by atoms with Crippen molar-refractivity contribution in [2.24, 2.45) is 5.41 Å². The maximum Gasteiger partial charge on any atom is 0.254 e. The molecule has 5 rings (SSSR count). The fourth-order valence-corrected chi connectivity index (χ4v) is 5.34. The molecule has 1 aromatic heterocycles. The third-order valence-corrected chi connectivity index (χ3v) is 7.08. The van der Waals surface area contributed by atoms with Crippen molar-refractivity contribution in [2.45, 2.75) is 46.1 Å². The number of benzene rings is 2. The van der Waals surface area contributed by atoms with E-state index in [1.54, 1.807) is 18.2 Å². The number of rotatable bonds is 4. The van der Waals surface area contributed by atoms with Crippen molar-refractivity contribution in [3.8, 4) is 5.75 Å². The monoisotopic (exact) mass is 415 g/mol. The smallest absolute Gasteiger partial charge is 0.254 e. The highest BCUT2D eigenvalue weighted by molar-refractivity contribution is 5.96. The number of phenolic OH excluding ortho intramolecular Hbond substituents is 1. The second kappa shape index (κ2) is 7.26. The van der Waals surface area contributed by atoms with Crippen LogP contribution in [-0.2, 0) is 6.54 Å². The van der Waals surface area contributed by atoms with Gasteiger partial charge in [-0.15, -0.1) is 0 Å². The zero-order valence-electron chi connectivity index (χ0n) is 18.4. The van der Waals surface area contributed by atoms with Gasteiger partial charge in [0.05, 0.1) is 12.2 Å². The van der Waals surface area contributed by atoms with E-state index in [1.165, 1.54) is 16.8 Å². The summed E-state index contributed by atoms with van der Waals surface area (Å²) in [7, 11) is 0. The second-order valence-corrected chi connectivity index (χ2v) is 9.56. The molecule has 2 heterocycles. The first-order valence-corrected chi connectivity index (χ1v) is 11.0. The molecule has 3 aromatic rings. The van der Waals surface area contributed by atoms with Gasteiger partial charge in [-0.05, 0) is 68.5 Å². The number of hydrogen-bond acceptors (Lipinski definition) is 3. The molecule has 31 heavy (non-hydrogen) atoms. The van der Waals surface area contributed by atoms with Crippen molar-refractivity contribution in [3.63, 3.8) is 0 Å². The lowest BCUT2D eigenvalue weighted by molar-refractivity contribution is -0.0569. The van der Waals surface area contributed by atoms with Crippen LogP contribution in [0, 0.1) is 26.2 Å². The number of nitrogens with zero attached hydrogens (tertiary/aromatic N) is 3. The van der Waals surface area contributed by atoms with Gasteiger partial charge in [-0.3, -0.25) is 9.48 Å². The van der Waals surface area contributed by atoms with Crippen LogP contribution in [0.3, 0.4) is 0 Å². The lowest BCUT2D eigenvalue weighted by Crippen LogP contribution is -2.63. The van der Waals surface area contributed by atoms with Crippen LogP contribution in [0.5, 0.6) is 5.75 Å². The van der Waals surface area contributed by atoms with Gasteiger partial charge in [-0.1, -0.05) is 30.3 Å². The van der Waals surface area contributed by atoms with Crippen molar-refractivity contribution in [1.29, 1.82) is 0 Å². The van der Waals surface area contributed by atoms with Crippen molar-refractivity contribution in [1.82, 2.24) is 14.7 Å². The van der Waals surface area contributed by atoms with Crippen molar-refractivity contribution < 1.29 is 9.90 Å². The topological polar surface area (TPSA) is 58.4 Å². The van der Waals surface area contributed by atoms with Gasteiger partial charge in [0.25, 0.3) is 5.91 Å². The van der Waals surface area contributed by atoms with Crippen molar-refractivity contribution in [2.75, 3.05) is 13.1 Å². The first-order chi connectivity index (χ1) is 14.8. The average molecular weight is 416 g/mol. The summed E-state index contributed by atoms with van der Waals surface area (Å²) in [5.74, 6) is 0.679. The minimum Gasteiger partial charge on any atom is -0.508 e. The van der Waals surface area contributed by atoms with E-state index < -0.39 is 0 Å². The summed E-state index contributed by atoms with van der Waals surface area (Å²) in [6, 6.07) is 15.7. The minimum atomic E-state index is 0.0305. The predicted octanol–water partition coefficient (Wildman–Crippen LogP) is 4.58. The Bertz CT molecular complexity index is 1150. The molecular formula is C26H29N3O2. The summed E-state index contributed by atoms with van der Waals surface area (Å²) in [6.45, 7) is 8.55. The molecule has 1 saturated heterocycles. The van der Waals surface area contributed by atoms with E-state index in [4.69, 9.17) is 5.10 Å². The minimum absolute atomic E-state index is 0.0305. The zero-order valence-corrected chi connectivity index (χ0v) is 18.4. The summed E-state index contributed by atoms with van der Waals surface area (Å²) in [6.07, 6.45) is 2.21. The SMILES string of the molecule is Cc1cc(C2CC3(C2)CN(C(=O)c2cc(O)ccc2C)C3)n(Cc2ccccc2C)n1. The molecule has 2 aromatic carbocycles. The normalized spacial score (nSPS) is 17.5. The molecule has 1 spiro atoms. The van der Waals surface area contributed by atoms with Crippen LogP contribution in [0.1, 0.15) is 57.2 Å². The first kappa shape index (κ1) is 19.9. The van der Waals surface area contributed by atoms with Gasteiger partial charge in [0, 0.05) is 35.7 Å². The molecule has 0 atom stereocenters. The Morgan fingerprint density at radius 1 is 1.06 bits per heavy atom. The third kappa shape index (κ3) is 3.52. The molecule has 2 fully saturated rings. The molecule has 0 bridgehead atoms. The van der Waals surface area contributed by atoms with Crippen LogP contribution in [0.2, 0.25) is 0 Å². The average Bonchev–Trinajstić information content (AvgIpc) is 3.03. The highest BCUT2D eigenvalue weighted by Gasteiger charge is 2.54. The number of aromatic nitrogens is 2. The molecule has 5 heteroatoms. The predicted molar refractivity (Wildman–Crippen MR) is 120 cm³/mol. The van der Waals surface area contributed by atoms with E-state index >= 15 is 0 Å². The number of amides is 1. The van der Waals surface area contributed by atoms with Crippen LogP contribution < -0.4 is 0 Å².